The van der Waals surface area contributed by atoms with Crippen LogP contribution in [0.3, 0.4) is 0 Å². The first kappa shape index (κ1) is 26.8. The van der Waals surface area contributed by atoms with E-state index >= 15 is 0 Å². The maximum atomic E-state index is 11.9. The molecule has 3 nitrogen and oxygen atoms in total. The van der Waals surface area contributed by atoms with E-state index in [2.05, 4.69) is 69.1 Å². The molecule has 0 unspecified atom stereocenters. The van der Waals surface area contributed by atoms with Crippen molar-refractivity contribution in [3.63, 3.8) is 0 Å². The molecule has 2 aromatic carbocycles. The van der Waals surface area contributed by atoms with E-state index < -0.39 is 0 Å². The van der Waals surface area contributed by atoms with E-state index in [9.17, 15) is 4.79 Å². The van der Waals surface area contributed by atoms with Crippen LogP contribution in [0.2, 0.25) is 0 Å². The van der Waals surface area contributed by atoms with Crippen molar-refractivity contribution in [1.29, 1.82) is 0 Å². The van der Waals surface area contributed by atoms with E-state index in [1.807, 2.05) is 51.2 Å². The van der Waals surface area contributed by atoms with Crippen LogP contribution in [0.25, 0.3) is 11.6 Å². The van der Waals surface area contributed by atoms with Crippen LogP contribution in [0.1, 0.15) is 64.6 Å². The molecule has 1 amide bonds. The number of allylic oxidation sites excluding steroid dienone is 1. The molecule has 0 saturated carbocycles. The van der Waals surface area contributed by atoms with Crippen LogP contribution in [0, 0.1) is 27.7 Å². The molecule has 0 fully saturated rings. The summed E-state index contributed by atoms with van der Waals surface area (Å²) >= 11 is 0. The van der Waals surface area contributed by atoms with Gasteiger partial charge in [-0.15, -0.1) is 0 Å². The molecular formula is C29H38N2O. The third kappa shape index (κ3) is 8.50. The average Bonchev–Trinajstić information content (AvgIpc) is 2.77. The molecule has 170 valence electrons. The summed E-state index contributed by atoms with van der Waals surface area (Å²) in [7, 11) is 3.52. The number of benzene rings is 2. The smallest absolute Gasteiger partial charge is 0.253 e. The van der Waals surface area contributed by atoms with Gasteiger partial charge >= 0.3 is 0 Å². The molecule has 32 heavy (non-hydrogen) atoms. The minimum Gasteiger partial charge on any atom is -0.345 e. The Hall–Kier alpha value is -3.20. The number of rotatable bonds is 3. The van der Waals surface area contributed by atoms with Crippen molar-refractivity contribution in [1.82, 2.24) is 9.88 Å². The van der Waals surface area contributed by atoms with Gasteiger partial charge in [-0.1, -0.05) is 61.4 Å². The molecule has 0 radical (unpaired) electrons. The maximum Gasteiger partial charge on any atom is 0.253 e. The van der Waals surface area contributed by atoms with E-state index in [0.29, 0.717) is 5.56 Å². The van der Waals surface area contributed by atoms with Gasteiger partial charge in [0.15, 0.2) is 0 Å². The molecular weight excluding hydrogens is 392 g/mol. The Morgan fingerprint density at radius 3 is 1.81 bits per heavy atom. The summed E-state index contributed by atoms with van der Waals surface area (Å²) in [5.74, 6) is 0.0201. The van der Waals surface area contributed by atoms with Gasteiger partial charge in [-0.2, -0.15) is 0 Å². The number of carbonyl (C=O) groups is 1. The van der Waals surface area contributed by atoms with Crippen LogP contribution in [0.4, 0.5) is 0 Å². The number of hydrogen-bond donors (Lipinski definition) is 0. The normalized spacial score (nSPS) is 10.3. The molecule has 3 aromatic rings. The Balaban J connectivity index is 0.000000427. The second-order valence-electron chi connectivity index (χ2n) is 7.94. The predicted molar refractivity (Wildman–Crippen MR) is 139 cm³/mol. The van der Waals surface area contributed by atoms with Crippen LogP contribution in [-0.2, 0) is 0 Å². The van der Waals surface area contributed by atoms with Crippen LogP contribution in [0.5, 0.6) is 0 Å². The quantitative estimate of drug-likeness (QED) is 0.437. The van der Waals surface area contributed by atoms with Gasteiger partial charge in [0.25, 0.3) is 5.91 Å². The van der Waals surface area contributed by atoms with Gasteiger partial charge in [-0.25, -0.2) is 0 Å². The molecule has 0 aliphatic rings. The van der Waals surface area contributed by atoms with Gasteiger partial charge in [0.1, 0.15) is 0 Å². The van der Waals surface area contributed by atoms with Crippen molar-refractivity contribution in [3.05, 3.63) is 99.9 Å². The second-order valence-corrected chi connectivity index (χ2v) is 7.94. The van der Waals surface area contributed by atoms with Crippen molar-refractivity contribution in [3.8, 4) is 0 Å². The van der Waals surface area contributed by atoms with Gasteiger partial charge in [0.2, 0.25) is 0 Å². The summed E-state index contributed by atoms with van der Waals surface area (Å²) < 4.78 is 0. The molecule has 1 heterocycles. The molecule has 0 bridgehead atoms. The molecule has 0 N–H and O–H groups in total. The van der Waals surface area contributed by atoms with Gasteiger partial charge in [-0.3, -0.25) is 9.78 Å². The summed E-state index contributed by atoms with van der Waals surface area (Å²) in [5, 5.41) is 0. The van der Waals surface area contributed by atoms with Crippen LogP contribution in [-0.4, -0.2) is 29.9 Å². The van der Waals surface area contributed by atoms with Crippen LogP contribution in [0.15, 0.2) is 60.8 Å². The van der Waals surface area contributed by atoms with Gasteiger partial charge < -0.3 is 4.90 Å². The highest BCUT2D eigenvalue weighted by atomic mass is 16.2. The zero-order valence-electron chi connectivity index (χ0n) is 21.2. The minimum atomic E-state index is 0.0201. The highest BCUT2D eigenvalue weighted by Crippen LogP contribution is 2.20. The Morgan fingerprint density at radius 1 is 0.844 bits per heavy atom. The monoisotopic (exact) mass is 430 g/mol. The van der Waals surface area contributed by atoms with Crippen molar-refractivity contribution < 1.29 is 4.79 Å². The van der Waals surface area contributed by atoms with E-state index in [-0.39, 0.29) is 5.91 Å². The third-order valence-electron chi connectivity index (χ3n) is 4.83. The second kappa shape index (κ2) is 13.3. The fourth-order valence-corrected chi connectivity index (χ4v) is 3.12. The van der Waals surface area contributed by atoms with E-state index in [4.69, 9.17) is 0 Å². The van der Waals surface area contributed by atoms with Gasteiger partial charge in [0, 0.05) is 31.5 Å². The number of pyridine rings is 1. The lowest BCUT2D eigenvalue weighted by atomic mass is 10.0. The topological polar surface area (TPSA) is 33.2 Å². The fourth-order valence-electron chi connectivity index (χ4n) is 3.12. The molecule has 1 aromatic heterocycles. The molecule has 3 heteroatoms. The number of amides is 1. The van der Waals surface area contributed by atoms with Crippen molar-refractivity contribution in [2.75, 3.05) is 14.1 Å². The average molecular weight is 431 g/mol. The first-order valence-electron chi connectivity index (χ1n) is 11.1. The van der Waals surface area contributed by atoms with Crippen molar-refractivity contribution in [2.24, 2.45) is 0 Å². The molecule has 0 spiro atoms. The maximum absolute atomic E-state index is 11.9. The summed E-state index contributed by atoms with van der Waals surface area (Å²) in [6.07, 6.45) is 4.03. The number of aromatic nitrogens is 1. The molecule has 0 saturated heterocycles. The Kier molecular flexibility index (Phi) is 11.1. The lowest BCUT2D eigenvalue weighted by Crippen LogP contribution is -2.21. The number of carbonyl (C=O) groups excluding carboxylic acids is 1. The first-order valence-corrected chi connectivity index (χ1v) is 11.1. The molecule has 0 aliphatic carbocycles. The number of aryl methyl sites for hydroxylation is 4. The summed E-state index contributed by atoms with van der Waals surface area (Å²) in [5.41, 5.74) is 9.00. The van der Waals surface area contributed by atoms with Crippen molar-refractivity contribution in [2.45, 2.75) is 48.5 Å². The number of hydrogen-bond acceptors (Lipinski definition) is 2. The van der Waals surface area contributed by atoms with Crippen LogP contribution < -0.4 is 0 Å². The first-order chi connectivity index (χ1) is 15.2. The zero-order chi connectivity index (χ0) is 24.3. The molecule has 0 aliphatic heterocycles. The van der Waals surface area contributed by atoms with Gasteiger partial charge in [-0.05, 0) is 81.2 Å². The Morgan fingerprint density at radius 2 is 1.38 bits per heavy atom. The minimum absolute atomic E-state index is 0.0201. The molecule has 0 atom stereocenters. The summed E-state index contributed by atoms with van der Waals surface area (Å²) in [6.45, 7) is 14.4. The zero-order valence-corrected chi connectivity index (χ0v) is 21.2. The Labute approximate surface area is 194 Å². The van der Waals surface area contributed by atoms with Gasteiger partial charge in [0.05, 0.1) is 0 Å². The van der Waals surface area contributed by atoms with E-state index in [1.165, 1.54) is 16.7 Å². The fraction of sp³-hybridized carbons (Fsp3) is 0.310. The highest BCUT2D eigenvalue weighted by molar-refractivity contribution is 5.94. The van der Waals surface area contributed by atoms with E-state index in [0.717, 1.165) is 22.4 Å². The lowest BCUT2D eigenvalue weighted by molar-refractivity contribution is 0.0827. The summed E-state index contributed by atoms with van der Waals surface area (Å²) in [4.78, 5) is 17.8. The largest absolute Gasteiger partial charge is 0.345 e. The Bertz CT molecular complexity index is 1010. The standard InChI is InChI=1S/C19H22N2O.C8H10.C2H6/c1-13-10-15(3)20-12-18(13)11-14(2)16-6-8-17(9-7-16)19(22)21(4)5;1-7-4-3-5-8(2)6-7;1-2/h6-12H,1-5H3;3-6H,1-2H3;1-2H3/b14-11+;;. The predicted octanol–water partition coefficient (Wildman–Crippen LogP) is 7.29. The number of nitrogens with zero attached hydrogens (tertiary/aromatic N) is 2. The van der Waals surface area contributed by atoms with Crippen molar-refractivity contribution >= 4 is 17.6 Å². The van der Waals surface area contributed by atoms with E-state index in [1.54, 1.807) is 19.0 Å². The molecule has 3 rings (SSSR count). The summed E-state index contributed by atoms with van der Waals surface area (Å²) in [6, 6.07) is 18.2. The van der Waals surface area contributed by atoms with Crippen LogP contribution >= 0.6 is 0 Å². The SMILES string of the molecule is C/C(=C\c1cnc(C)cc1C)c1ccc(C(=O)N(C)C)cc1.CC.Cc1cccc(C)c1. The lowest BCUT2D eigenvalue weighted by Gasteiger charge is -2.11. The highest BCUT2D eigenvalue weighted by Gasteiger charge is 2.07. The third-order valence-corrected chi connectivity index (χ3v) is 4.83.